The summed E-state index contributed by atoms with van der Waals surface area (Å²) in [4.78, 5) is 12.5. The Kier molecular flexibility index (Phi) is 3.71. The highest BCUT2D eigenvalue weighted by molar-refractivity contribution is 6.30. The first-order valence-electron chi connectivity index (χ1n) is 8.00. The van der Waals surface area contributed by atoms with Gasteiger partial charge in [0.05, 0.1) is 17.1 Å². The minimum absolute atomic E-state index is 0.0384. The minimum atomic E-state index is -0.543. The molecule has 0 radical (unpaired) electrons. The van der Waals surface area contributed by atoms with E-state index < -0.39 is 5.92 Å². The molecule has 0 saturated heterocycles. The Labute approximate surface area is 154 Å². The first kappa shape index (κ1) is 16.2. The number of nitrogens with zero attached hydrogens (tertiary/aromatic N) is 2. The smallest absolute Gasteiger partial charge is 0.228 e. The third kappa shape index (κ3) is 2.27. The van der Waals surface area contributed by atoms with Crippen molar-refractivity contribution in [2.24, 2.45) is 5.73 Å². The van der Waals surface area contributed by atoms with E-state index in [2.05, 4.69) is 6.07 Å². The number of carbonyl (C=O) groups excluding carboxylic acids is 1. The van der Waals surface area contributed by atoms with Crippen molar-refractivity contribution >= 4 is 28.4 Å². The van der Waals surface area contributed by atoms with Gasteiger partial charge in [-0.1, -0.05) is 35.9 Å². The summed E-state index contributed by atoms with van der Waals surface area (Å²) in [6.45, 7) is 1.48. The first-order chi connectivity index (χ1) is 12.5. The van der Waals surface area contributed by atoms with E-state index in [-0.39, 0.29) is 17.4 Å². The molecule has 1 aromatic heterocycles. The molecule has 0 aliphatic carbocycles. The van der Waals surface area contributed by atoms with Gasteiger partial charge in [-0.3, -0.25) is 9.36 Å². The van der Waals surface area contributed by atoms with Crippen LogP contribution >= 0.6 is 11.6 Å². The van der Waals surface area contributed by atoms with Crippen molar-refractivity contribution in [2.75, 3.05) is 0 Å². The standard InChI is InChI=1S/C20H14ClN3O2/c1-11(25)24-16-8-3-2-7-14(16)19-18(24)17(15(10-22)20(23)26-19)12-5-4-6-13(21)9-12/h2-9,17H,23H2,1H3/t17-/m1/s1. The maximum absolute atomic E-state index is 12.5. The fourth-order valence-electron chi connectivity index (χ4n) is 3.51. The van der Waals surface area contributed by atoms with E-state index in [9.17, 15) is 10.1 Å². The molecule has 5 nitrogen and oxygen atoms in total. The van der Waals surface area contributed by atoms with Crippen LogP contribution in [0.3, 0.4) is 0 Å². The normalized spacial score (nSPS) is 16.1. The average Bonchev–Trinajstić information content (AvgIpc) is 2.94. The molecule has 2 aromatic carbocycles. The third-order valence-electron chi connectivity index (χ3n) is 4.52. The van der Waals surface area contributed by atoms with Crippen LogP contribution in [0.1, 0.15) is 28.9 Å². The lowest BCUT2D eigenvalue weighted by Crippen LogP contribution is -2.24. The van der Waals surface area contributed by atoms with Crippen LogP contribution < -0.4 is 10.5 Å². The van der Waals surface area contributed by atoms with Gasteiger partial charge in [-0.15, -0.1) is 0 Å². The molecule has 1 aliphatic heterocycles. The van der Waals surface area contributed by atoms with E-state index in [1.807, 2.05) is 30.3 Å². The summed E-state index contributed by atoms with van der Waals surface area (Å²) in [7, 11) is 0. The molecule has 1 atom stereocenters. The molecule has 26 heavy (non-hydrogen) atoms. The van der Waals surface area contributed by atoms with Gasteiger partial charge in [0.25, 0.3) is 0 Å². The monoisotopic (exact) mass is 363 g/mol. The number of aromatic nitrogens is 1. The molecule has 2 heterocycles. The highest BCUT2D eigenvalue weighted by Gasteiger charge is 2.36. The number of hydrogen-bond acceptors (Lipinski definition) is 4. The zero-order valence-electron chi connectivity index (χ0n) is 13.9. The second kappa shape index (κ2) is 5.94. The van der Waals surface area contributed by atoms with Crippen molar-refractivity contribution < 1.29 is 9.53 Å². The molecule has 0 spiro atoms. The number of fused-ring (bicyclic) bond motifs is 3. The average molecular weight is 364 g/mol. The van der Waals surface area contributed by atoms with Gasteiger partial charge in [0.15, 0.2) is 5.75 Å². The van der Waals surface area contributed by atoms with Crippen LogP contribution in [0.5, 0.6) is 5.75 Å². The highest BCUT2D eigenvalue weighted by atomic mass is 35.5. The van der Waals surface area contributed by atoms with E-state index in [1.165, 1.54) is 6.92 Å². The van der Waals surface area contributed by atoms with Crippen LogP contribution in [0.25, 0.3) is 10.9 Å². The van der Waals surface area contributed by atoms with Crippen molar-refractivity contribution in [3.05, 3.63) is 76.3 Å². The molecule has 1 aliphatic rings. The predicted octanol–water partition coefficient (Wildman–Crippen LogP) is 4.17. The summed E-state index contributed by atoms with van der Waals surface area (Å²) >= 11 is 6.16. The quantitative estimate of drug-likeness (QED) is 0.703. The largest absolute Gasteiger partial charge is 0.438 e. The van der Waals surface area contributed by atoms with Gasteiger partial charge >= 0.3 is 0 Å². The van der Waals surface area contributed by atoms with Crippen LogP contribution in [0, 0.1) is 11.3 Å². The number of benzene rings is 2. The molecule has 128 valence electrons. The maximum atomic E-state index is 12.5. The van der Waals surface area contributed by atoms with Crippen LogP contribution in [0.2, 0.25) is 5.02 Å². The van der Waals surface area contributed by atoms with Crippen molar-refractivity contribution in [3.8, 4) is 11.8 Å². The summed E-state index contributed by atoms with van der Waals surface area (Å²) in [5, 5.41) is 11.0. The van der Waals surface area contributed by atoms with Crippen molar-refractivity contribution in [2.45, 2.75) is 12.8 Å². The van der Waals surface area contributed by atoms with Crippen molar-refractivity contribution in [1.29, 1.82) is 5.26 Å². The second-order valence-electron chi connectivity index (χ2n) is 6.07. The Morgan fingerprint density at radius 2 is 2.04 bits per heavy atom. The lowest BCUT2D eigenvalue weighted by Gasteiger charge is -2.25. The fraction of sp³-hybridized carbons (Fsp3) is 0.100. The van der Waals surface area contributed by atoms with Crippen LogP contribution in [-0.2, 0) is 0 Å². The minimum Gasteiger partial charge on any atom is -0.438 e. The fourth-order valence-corrected chi connectivity index (χ4v) is 3.71. The van der Waals surface area contributed by atoms with Crippen molar-refractivity contribution in [3.63, 3.8) is 0 Å². The molecule has 2 N–H and O–H groups in total. The number of ether oxygens (including phenoxy) is 1. The number of hydrogen-bond donors (Lipinski definition) is 1. The number of halogens is 1. The van der Waals surface area contributed by atoms with Gasteiger partial charge in [0.1, 0.15) is 11.6 Å². The SMILES string of the molecule is CC(=O)n1c2c(c3ccccc31)OC(N)=C(C#N)[C@H]2c1cccc(Cl)c1. The van der Waals surface area contributed by atoms with Gasteiger partial charge in [0, 0.05) is 17.3 Å². The number of para-hydroxylation sites is 1. The zero-order valence-corrected chi connectivity index (χ0v) is 14.6. The van der Waals surface area contributed by atoms with Gasteiger partial charge < -0.3 is 10.5 Å². The second-order valence-corrected chi connectivity index (χ2v) is 6.50. The molecular formula is C20H14ClN3O2. The predicted molar refractivity (Wildman–Crippen MR) is 99.0 cm³/mol. The van der Waals surface area contributed by atoms with Crippen LogP contribution in [0.15, 0.2) is 60.0 Å². The number of nitrogens with two attached hydrogens (primary N) is 1. The maximum Gasteiger partial charge on any atom is 0.228 e. The lowest BCUT2D eigenvalue weighted by atomic mass is 9.87. The lowest BCUT2D eigenvalue weighted by molar-refractivity contribution is 0.0937. The van der Waals surface area contributed by atoms with Crippen LogP contribution in [-0.4, -0.2) is 10.5 Å². The van der Waals surface area contributed by atoms with E-state index in [0.717, 1.165) is 10.9 Å². The molecule has 4 rings (SSSR count). The molecule has 0 saturated carbocycles. The molecule has 0 amide bonds. The van der Waals surface area contributed by atoms with E-state index in [1.54, 1.807) is 22.8 Å². The third-order valence-corrected chi connectivity index (χ3v) is 4.76. The van der Waals surface area contributed by atoms with Gasteiger partial charge in [0.2, 0.25) is 11.8 Å². The Hall–Kier alpha value is -3.23. The summed E-state index contributed by atoms with van der Waals surface area (Å²) < 4.78 is 7.37. The Balaban J connectivity index is 2.13. The van der Waals surface area contributed by atoms with Gasteiger partial charge in [-0.2, -0.15) is 5.26 Å². The van der Waals surface area contributed by atoms with Gasteiger partial charge in [-0.25, -0.2) is 0 Å². The number of nitriles is 1. The van der Waals surface area contributed by atoms with Crippen molar-refractivity contribution in [1.82, 2.24) is 4.57 Å². The molecule has 3 aromatic rings. The Bertz CT molecular complexity index is 1140. The molecular weight excluding hydrogens is 350 g/mol. The summed E-state index contributed by atoms with van der Waals surface area (Å²) in [6, 6.07) is 16.8. The summed E-state index contributed by atoms with van der Waals surface area (Å²) in [5.41, 5.74) is 8.38. The Morgan fingerprint density at radius 1 is 1.27 bits per heavy atom. The Morgan fingerprint density at radius 3 is 2.73 bits per heavy atom. The van der Waals surface area contributed by atoms with Gasteiger partial charge in [-0.05, 0) is 29.8 Å². The highest BCUT2D eigenvalue weighted by Crippen LogP contribution is 2.47. The summed E-state index contributed by atoms with van der Waals surface area (Å²) in [6.07, 6.45) is 0. The first-order valence-corrected chi connectivity index (χ1v) is 8.38. The van der Waals surface area contributed by atoms with E-state index >= 15 is 0 Å². The molecule has 0 bridgehead atoms. The number of allylic oxidation sites excluding steroid dienone is 1. The molecule has 0 unspecified atom stereocenters. The number of carbonyl (C=O) groups is 1. The molecule has 6 heteroatoms. The zero-order chi connectivity index (χ0) is 18.4. The van der Waals surface area contributed by atoms with Crippen LogP contribution in [0.4, 0.5) is 0 Å². The topological polar surface area (TPSA) is 81.0 Å². The number of rotatable bonds is 1. The van der Waals surface area contributed by atoms with E-state index in [0.29, 0.717) is 22.0 Å². The summed E-state index contributed by atoms with van der Waals surface area (Å²) in [5.74, 6) is -0.178. The molecule has 0 fully saturated rings. The van der Waals surface area contributed by atoms with E-state index in [4.69, 9.17) is 22.1 Å².